The second kappa shape index (κ2) is 12.1. The molecule has 0 bridgehead atoms. The minimum atomic E-state index is -4.47. The number of non-ortho nitro benzene ring substituents is 1. The molecule has 0 atom stereocenters. The Morgan fingerprint density at radius 3 is 2.21 bits per heavy atom. The molecule has 0 aliphatic heterocycles. The molecule has 39 heavy (non-hydrogen) atoms. The molecule has 0 unspecified atom stereocenters. The number of halogens is 3. The van der Waals surface area contributed by atoms with Gasteiger partial charge in [0.15, 0.2) is 0 Å². The van der Waals surface area contributed by atoms with E-state index in [0.29, 0.717) is 11.1 Å². The number of para-hydroxylation sites is 1. The predicted molar refractivity (Wildman–Crippen MR) is 138 cm³/mol. The number of hydrogen-bond donors (Lipinski definition) is 1. The maximum Gasteiger partial charge on any atom is 0.416 e. The van der Waals surface area contributed by atoms with Crippen LogP contribution in [0.3, 0.4) is 0 Å². The van der Waals surface area contributed by atoms with Gasteiger partial charge in [0.1, 0.15) is 0 Å². The summed E-state index contributed by atoms with van der Waals surface area (Å²) in [5.74, 6) is -0.489. The van der Waals surface area contributed by atoms with Crippen molar-refractivity contribution >= 4 is 33.4 Å². The number of nitrogens with zero attached hydrogens (tertiary/aromatic N) is 3. The first kappa shape index (κ1) is 29.3. The van der Waals surface area contributed by atoms with E-state index in [9.17, 15) is 41.6 Å². The third kappa shape index (κ3) is 7.21. The van der Waals surface area contributed by atoms with Crippen LogP contribution < -0.4 is 4.31 Å². The van der Waals surface area contributed by atoms with Crippen molar-refractivity contribution < 1.29 is 36.4 Å². The highest BCUT2D eigenvalue weighted by Crippen LogP contribution is 2.30. The number of sulfonamides is 1. The first-order valence-electron chi connectivity index (χ1n) is 11.4. The summed E-state index contributed by atoms with van der Waals surface area (Å²) in [7, 11) is -2.77. The van der Waals surface area contributed by atoms with Gasteiger partial charge in [-0.3, -0.25) is 19.2 Å². The molecule has 0 radical (unpaired) electrons. The SMILES string of the molecule is CN(Cc1ccccc1N(CCO)S(=O)(=O)c1ccc([N+](=O)[O-])cc1)C(=O)/C=C/c1ccc(C(F)(F)F)cc1. The van der Waals surface area contributed by atoms with Gasteiger partial charge in [-0.2, -0.15) is 13.2 Å². The molecule has 3 rings (SSSR count). The maximum absolute atomic E-state index is 13.4. The quantitative estimate of drug-likeness (QED) is 0.221. The number of benzene rings is 3. The number of carbonyl (C=O) groups is 1. The normalized spacial score (nSPS) is 11.9. The molecule has 0 spiro atoms. The number of hydrogen-bond acceptors (Lipinski definition) is 6. The molecule has 0 heterocycles. The first-order chi connectivity index (χ1) is 18.3. The Labute approximate surface area is 222 Å². The molecule has 206 valence electrons. The molecule has 1 amide bonds. The second-order valence-electron chi connectivity index (χ2n) is 8.33. The van der Waals surface area contributed by atoms with Crippen molar-refractivity contribution in [3.63, 3.8) is 0 Å². The van der Waals surface area contributed by atoms with Gasteiger partial charge in [0.05, 0.1) is 34.2 Å². The minimum absolute atomic E-state index is 0.0376. The van der Waals surface area contributed by atoms with Crippen molar-refractivity contribution in [3.8, 4) is 0 Å². The van der Waals surface area contributed by atoms with Gasteiger partial charge < -0.3 is 10.0 Å². The average Bonchev–Trinajstić information content (AvgIpc) is 2.90. The van der Waals surface area contributed by atoms with Crippen LogP contribution in [0.1, 0.15) is 16.7 Å². The lowest BCUT2D eigenvalue weighted by atomic mass is 10.1. The summed E-state index contributed by atoms with van der Waals surface area (Å²) in [6, 6.07) is 14.9. The topological polar surface area (TPSA) is 121 Å². The Hall–Kier alpha value is -4.23. The zero-order valence-electron chi connectivity index (χ0n) is 20.6. The summed E-state index contributed by atoms with van der Waals surface area (Å²) >= 11 is 0. The van der Waals surface area contributed by atoms with Crippen LogP contribution in [0.4, 0.5) is 24.5 Å². The first-order valence-corrected chi connectivity index (χ1v) is 12.8. The van der Waals surface area contributed by atoms with Gasteiger partial charge in [0, 0.05) is 31.8 Å². The van der Waals surface area contributed by atoms with Crippen molar-refractivity contribution in [2.45, 2.75) is 17.6 Å². The number of nitro groups is 1. The van der Waals surface area contributed by atoms with Gasteiger partial charge in [-0.15, -0.1) is 0 Å². The van der Waals surface area contributed by atoms with Gasteiger partial charge in [-0.1, -0.05) is 30.3 Å². The number of aliphatic hydroxyl groups excluding tert-OH is 1. The van der Waals surface area contributed by atoms with Crippen LogP contribution >= 0.6 is 0 Å². The average molecular weight is 564 g/mol. The zero-order valence-corrected chi connectivity index (χ0v) is 21.4. The summed E-state index contributed by atoms with van der Waals surface area (Å²) < 4.78 is 66.0. The lowest BCUT2D eigenvalue weighted by Crippen LogP contribution is -2.35. The van der Waals surface area contributed by atoms with Crippen molar-refractivity contribution in [2.24, 2.45) is 0 Å². The van der Waals surface area contributed by atoms with E-state index in [1.807, 2.05) is 0 Å². The predicted octanol–water partition coefficient (Wildman–Crippen LogP) is 4.47. The number of rotatable bonds is 10. The fourth-order valence-corrected chi connectivity index (χ4v) is 5.12. The molecule has 0 fully saturated rings. The summed E-state index contributed by atoms with van der Waals surface area (Å²) in [5, 5.41) is 20.5. The second-order valence-corrected chi connectivity index (χ2v) is 10.2. The van der Waals surface area contributed by atoms with Gasteiger partial charge in [-0.25, -0.2) is 8.42 Å². The van der Waals surface area contributed by atoms with E-state index in [1.54, 1.807) is 18.2 Å². The van der Waals surface area contributed by atoms with Crippen molar-refractivity contribution in [1.29, 1.82) is 0 Å². The third-order valence-electron chi connectivity index (χ3n) is 5.64. The van der Waals surface area contributed by atoms with Crippen LogP contribution in [0.15, 0.2) is 83.8 Å². The standard InChI is InChI=1S/C26H24F3N3O6S/c1-30(25(34)15-8-19-6-9-21(10-7-19)26(27,28)29)18-20-4-2-3-5-24(20)31(16-17-33)39(37,38)23-13-11-22(12-14-23)32(35)36/h2-15,33H,16-18H2,1H3/b15-8+. The third-order valence-corrected chi connectivity index (χ3v) is 7.47. The van der Waals surface area contributed by atoms with Gasteiger partial charge in [0.25, 0.3) is 15.7 Å². The number of anilines is 1. The molecule has 3 aromatic carbocycles. The number of nitro benzene ring substituents is 1. The molecule has 9 nitrogen and oxygen atoms in total. The van der Waals surface area contributed by atoms with E-state index in [-0.39, 0.29) is 29.4 Å². The van der Waals surface area contributed by atoms with Crippen molar-refractivity contribution in [1.82, 2.24) is 4.90 Å². The molecule has 0 saturated heterocycles. The Bertz CT molecular complexity index is 1460. The Morgan fingerprint density at radius 2 is 1.64 bits per heavy atom. The number of carbonyl (C=O) groups excluding carboxylic acids is 1. The fraction of sp³-hybridized carbons (Fsp3) is 0.192. The summed E-state index contributed by atoms with van der Waals surface area (Å²) in [6.45, 7) is -0.878. The molecule has 1 N–H and O–H groups in total. The number of amides is 1. The van der Waals surface area contributed by atoms with Gasteiger partial charge >= 0.3 is 6.18 Å². The minimum Gasteiger partial charge on any atom is -0.394 e. The summed E-state index contributed by atoms with van der Waals surface area (Å²) in [5.41, 5.74) is -0.0942. The molecule has 0 aliphatic rings. The number of aliphatic hydroxyl groups is 1. The van der Waals surface area contributed by atoms with E-state index in [1.165, 1.54) is 42.3 Å². The van der Waals surface area contributed by atoms with Gasteiger partial charge in [0.2, 0.25) is 5.91 Å². The monoisotopic (exact) mass is 563 g/mol. The Balaban J connectivity index is 1.83. The molecular weight excluding hydrogens is 539 g/mol. The Morgan fingerprint density at radius 1 is 1.03 bits per heavy atom. The van der Waals surface area contributed by atoms with Crippen LogP contribution in [0.2, 0.25) is 0 Å². The lowest BCUT2D eigenvalue weighted by molar-refractivity contribution is -0.384. The van der Waals surface area contributed by atoms with Gasteiger partial charge in [-0.05, 0) is 47.5 Å². The van der Waals surface area contributed by atoms with E-state index in [0.717, 1.165) is 40.7 Å². The molecular formula is C26H24F3N3O6S. The molecule has 13 heteroatoms. The maximum atomic E-state index is 13.4. The highest BCUT2D eigenvalue weighted by Gasteiger charge is 2.30. The highest BCUT2D eigenvalue weighted by atomic mass is 32.2. The highest BCUT2D eigenvalue weighted by molar-refractivity contribution is 7.92. The molecule has 3 aromatic rings. The van der Waals surface area contributed by atoms with Crippen LogP contribution in [0.25, 0.3) is 6.08 Å². The lowest BCUT2D eigenvalue weighted by Gasteiger charge is -2.27. The fourth-order valence-electron chi connectivity index (χ4n) is 3.63. The molecule has 0 saturated carbocycles. The van der Waals surface area contributed by atoms with E-state index in [2.05, 4.69) is 0 Å². The molecule has 0 aliphatic carbocycles. The molecule has 0 aromatic heterocycles. The van der Waals surface area contributed by atoms with E-state index in [4.69, 9.17) is 0 Å². The van der Waals surface area contributed by atoms with Crippen LogP contribution in [-0.2, 0) is 27.5 Å². The smallest absolute Gasteiger partial charge is 0.394 e. The van der Waals surface area contributed by atoms with Crippen molar-refractivity contribution in [3.05, 3.63) is 106 Å². The van der Waals surface area contributed by atoms with Crippen LogP contribution in [0.5, 0.6) is 0 Å². The van der Waals surface area contributed by atoms with E-state index < -0.39 is 39.2 Å². The summed E-state index contributed by atoms with van der Waals surface area (Å²) in [4.78, 5) is 24.0. The van der Waals surface area contributed by atoms with Crippen molar-refractivity contribution in [2.75, 3.05) is 24.5 Å². The number of likely N-dealkylation sites (N-methyl/N-ethyl adjacent to an activating group) is 1. The van der Waals surface area contributed by atoms with Crippen LogP contribution in [-0.4, -0.2) is 49.5 Å². The largest absolute Gasteiger partial charge is 0.416 e. The van der Waals surface area contributed by atoms with E-state index >= 15 is 0 Å². The zero-order chi connectivity index (χ0) is 28.8. The van der Waals surface area contributed by atoms with Crippen LogP contribution in [0, 0.1) is 10.1 Å². The summed E-state index contributed by atoms with van der Waals surface area (Å²) in [6.07, 6.45) is -1.92. The number of alkyl halides is 3. The Kier molecular flexibility index (Phi) is 9.09.